The topological polar surface area (TPSA) is 74.6 Å². The molecule has 2 N–H and O–H groups in total. The van der Waals surface area contributed by atoms with Crippen LogP contribution in [0.4, 0.5) is 0 Å². The number of carboxylic acid groups (broad SMARTS) is 2. The van der Waals surface area contributed by atoms with Crippen LogP contribution in [0.3, 0.4) is 0 Å². The normalized spacial score (nSPS) is 10.9. The second kappa shape index (κ2) is 6.69. The van der Waals surface area contributed by atoms with E-state index in [9.17, 15) is 9.59 Å². The molecule has 0 aromatic heterocycles. The Morgan fingerprint density at radius 1 is 0.929 bits per heavy atom. The zero-order chi connectivity index (χ0) is 10.2. The molecular weight excluding hydrogens is 206 g/mol. The van der Waals surface area contributed by atoms with E-state index in [0.717, 1.165) is 0 Å². The van der Waals surface area contributed by atoms with E-state index in [2.05, 4.69) is 0 Å². The second-order valence-corrected chi connectivity index (χ2v) is 3.99. The summed E-state index contributed by atoms with van der Waals surface area (Å²) in [5.74, 6) is -2.61. The molecule has 0 bridgehead atoms. The molecule has 0 aliphatic carbocycles. The van der Waals surface area contributed by atoms with Crippen molar-refractivity contribution in [2.24, 2.45) is 10.8 Å². The Bertz CT molecular complexity index is 208. The monoisotopic (exact) mass is 222 g/mol. The first kappa shape index (κ1) is 20.6. The number of rotatable bonds is 2. The van der Waals surface area contributed by atoms with Crippen LogP contribution in [0, 0.1) is 10.8 Å². The van der Waals surface area contributed by atoms with Crippen molar-refractivity contribution in [3.8, 4) is 0 Å². The van der Waals surface area contributed by atoms with Gasteiger partial charge >= 0.3 is 82.2 Å². The van der Waals surface area contributed by atoms with E-state index in [1.807, 2.05) is 0 Å². The Morgan fingerprint density at radius 2 is 1.14 bits per heavy atom. The SMILES string of the molecule is CC(C)(C)C(C)(C(=O)O)C(=O)O.[KH].[LiH]. The van der Waals surface area contributed by atoms with Gasteiger partial charge in [-0.25, -0.2) is 0 Å². The zero-order valence-corrected chi connectivity index (χ0v) is 7.71. The molecule has 0 unspecified atom stereocenters. The molecule has 0 saturated heterocycles. The van der Waals surface area contributed by atoms with Crippen LogP contribution >= 0.6 is 0 Å². The number of hydrogen-bond acceptors (Lipinski definition) is 2. The number of aliphatic carboxylic acids is 2. The van der Waals surface area contributed by atoms with Gasteiger partial charge in [0.25, 0.3) is 0 Å². The summed E-state index contributed by atoms with van der Waals surface area (Å²) in [6.07, 6.45) is 0. The Morgan fingerprint density at radius 3 is 1.14 bits per heavy atom. The van der Waals surface area contributed by atoms with Crippen LogP contribution in [0.25, 0.3) is 0 Å². The van der Waals surface area contributed by atoms with E-state index in [0.29, 0.717) is 0 Å². The molecule has 0 fully saturated rings. The van der Waals surface area contributed by atoms with E-state index >= 15 is 0 Å². The first-order valence-electron chi connectivity index (χ1n) is 3.61. The average Bonchev–Trinajstić information content (AvgIpc) is 1.82. The van der Waals surface area contributed by atoms with Crippen LogP contribution in [0.15, 0.2) is 0 Å². The second-order valence-electron chi connectivity index (χ2n) is 3.99. The molecule has 0 saturated carbocycles. The molecule has 0 atom stereocenters. The fourth-order valence-electron chi connectivity index (χ4n) is 0.733. The van der Waals surface area contributed by atoms with Crippen LogP contribution in [0.2, 0.25) is 0 Å². The predicted octanol–water partition coefficient (Wildman–Crippen LogP) is -0.0890. The van der Waals surface area contributed by atoms with Crippen LogP contribution in [-0.2, 0) is 9.59 Å². The molecule has 6 heteroatoms. The van der Waals surface area contributed by atoms with Crippen LogP contribution in [-0.4, -0.2) is 92.4 Å². The maximum atomic E-state index is 10.7. The van der Waals surface area contributed by atoms with E-state index in [-0.39, 0.29) is 70.2 Å². The minimum absolute atomic E-state index is 0. The van der Waals surface area contributed by atoms with Crippen molar-refractivity contribution in [1.29, 1.82) is 0 Å². The van der Waals surface area contributed by atoms with E-state index < -0.39 is 22.8 Å². The number of hydrogen-bond donors (Lipinski definition) is 2. The summed E-state index contributed by atoms with van der Waals surface area (Å²) in [7, 11) is 0. The van der Waals surface area contributed by atoms with Crippen molar-refractivity contribution in [1.82, 2.24) is 0 Å². The Kier molecular flexibility index (Phi) is 9.83. The molecule has 0 rings (SSSR count). The summed E-state index contributed by atoms with van der Waals surface area (Å²) in [4.78, 5) is 21.5. The molecule has 0 aliphatic rings. The molecule has 4 nitrogen and oxygen atoms in total. The Balaban J connectivity index is -0.000000605. The van der Waals surface area contributed by atoms with Gasteiger partial charge in [0.2, 0.25) is 0 Å². The summed E-state index contributed by atoms with van der Waals surface area (Å²) in [6, 6.07) is 0. The Labute approximate surface area is 138 Å². The van der Waals surface area contributed by atoms with Gasteiger partial charge in [0.05, 0.1) is 0 Å². The van der Waals surface area contributed by atoms with Gasteiger partial charge in [-0.2, -0.15) is 0 Å². The summed E-state index contributed by atoms with van der Waals surface area (Å²) in [5, 5.41) is 17.5. The van der Waals surface area contributed by atoms with Gasteiger partial charge in [-0.05, 0) is 12.3 Å². The van der Waals surface area contributed by atoms with E-state index in [1.165, 1.54) is 6.92 Å². The molecule has 0 aromatic carbocycles. The third-order valence-corrected chi connectivity index (χ3v) is 2.36. The van der Waals surface area contributed by atoms with Gasteiger partial charge in [-0.1, -0.05) is 20.8 Å². The molecule has 74 valence electrons. The third kappa shape index (κ3) is 3.97. The van der Waals surface area contributed by atoms with Gasteiger partial charge in [-0.15, -0.1) is 0 Å². The van der Waals surface area contributed by atoms with Crippen LogP contribution in [0.1, 0.15) is 27.7 Å². The van der Waals surface area contributed by atoms with Gasteiger partial charge in [0.15, 0.2) is 5.41 Å². The van der Waals surface area contributed by atoms with E-state index in [1.54, 1.807) is 20.8 Å². The van der Waals surface area contributed by atoms with Crippen molar-refractivity contribution in [2.75, 3.05) is 0 Å². The quantitative estimate of drug-likeness (QED) is 0.506. The van der Waals surface area contributed by atoms with Crippen LogP contribution in [0.5, 0.6) is 0 Å². The molecular formula is C8H16KLiO4. The fraction of sp³-hybridized carbons (Fsp3) is 0.750. The molecule has 14 heavy (non-hydrogen) atoms. The average molecular weight is 222 g/mol. The van der Waals surface area contributed by atoms with Crippen molar-refractivity contribution in [2.45, 2.75) is 27.7 Å². The summed E-state index contributed by atoms with van der Waals surface area (Å²) in [6.45, 7) is 6.00. The van der Waals surface area contributed by atoms with Gasteiger partial charge < -0.3 is 10.2 Å². The molecule has 0 amide bonds. The fourth-order valence-corrected chi connectivity index (χ4v) is 0.733. The first-order chi connectivity index (χ1) is 5.14. The zero-order valence-electron chi connectivity index (χ0n) is 7.71. The summed E-state index contributed by atoms with van der Waals surface area (Å²) < 4.78 is 0. The van der Waals surface area contributed by atoms with E-state index in [4.69, 9.17) is 10.2 Å². The van der Waals surface area contributed by atoms with Gasteiger partial charge in [-0.3, -0.25) is 9.59 Å². The maximum absolute atomic E-state index is 10.7. The Hall–Kier alpha value is 1.17. The predicted molar refractivity (Wildman–Crippen MR) is 57.1 cm³/mol. The molecule has 0 heterocycles. The molecule has 0 aliphatic heterocycles. The minimum atomic E-state index is -1.73. The van der Waals surface area contributed by atoms with Crippen molar-refractivity contribution in [3.63, 3.8) is 0 Å². The summed E-state index contributed by atoms with van der Waals surface area (Å²) >= 11 is 0. The third-order valence-electron chi connectivity index (χ3n) is 2.36. The molecule has 0 radical (unpaired) electrons. The van der Waals surface area contributed by atoms with Crippen molar-refractivity contribution >= 4 is 82.2 Å². The number of carboxylic acids is 2. The molecule has 0 aromatic rings. The molecule has 0 spiro atoms. The number of carbonyl (C=O) groups is 2. The van der Waals surface area contributed by atoms with Crippen molar-refractivity contribution in [3.05, 3.63) is 0 Å². The summed E-state index contributed by atoms with van der Waals surface area (Å²) in [5.41, 5.74) is -2.53. The van der Waals surface area contributed by atoms with Gasteiger partial charge in [0, 0.05) is 0 Å². The van der Waals surface area contributed by atoms with Gasteiger partial charge in [0.1, 0.15) is 0 Å². The standard InChI is InChI=1S/C8H14O4.K.Li.2H/c1-7(2,3)8(4,5(9)10)6(11)12;;;;/h1-4H3,(H,9,10)(H,11,12);;;;. The van der Waals surface area contributed by atoms with Crippen molar-refractivity contribution < 1.29 is 19.8 Å². The van der Waals surface area contributed by atoms with Crippen LogP contribution < -0.4 is 0 Å². The first-order valence-corrected chi connectivity index (χ1v) is 3.61.